The standard InChI is InChI=1S/C15H21N3O4S/c1-10-8-14(11(2)22-10)23(19,20)17-9-12-5-7-21-15(12)13-4-6-16-18(13)3/h4,6,8,12,15,17H,5,7,9H2,1-3H3/t12-,15+/m0/s1. The van der Waals surface area contributed by atoms with Crippen LogP contribution < -0.4 is 4.72 Å². The van der Waals surface area contributed by atoms with Gasteiger partial charge in [0.1, 0.15) is 22.5 Å². The van der Waals surface area contributed by atoms with E-state index in [9.17, 15) is 8.42 Å². The second-order valence-electron chi connectivity index (χ2n) is 5.85. The third-order valence-corrected chi connectivity index (χ3v) is 5.72. The maximum absolute atomic E-state index is 12.5. The summed E-state index contributed by atoms with van der Waals surface area (Å²) in [6.45, 7) is 4.32. The summed E-state index contributed by atoms with van der Waals surface area (Å²) in [6, 6.07) is 3.45. The maximum atomic E-state index is 12.5. The molecule has 126 valence electrons. The van der Waals surface area contributed by atoms with Gasteiger partial charge in [0.15, 0.2) is 0 Å². The van der Waals surface area contributed by atoms with Gasteiger partial charge in [0.2, 0.25) is 10.0 Å². The van der Waals surface area contributed by atoms with Crippen LogP contribution in [0, 0.1) is 19.8 Å². The van der Waals surface area contributed by atoms with Crippen LogP contribution >= 0.6 is 0 Å². The molecule has 8 heteroatoms. The summed E-state index contributed by atoms with van der Waals surface area (Å²) in [5.74, 6) is 1.06. The Balaban J connectivity index is 1.72. The number of hydrogen-bond donors (Lipinski definition) is 1. The van der Waals surface area contributed by atoms with Gasteiger partial charge in [0, 0.05) is 32.3 Å². The lowest BCUT2D eigenvalue weighted by atomic mass is 9.99. The third-order valence-electron chi connectivity index (χ3n) is 4.19. The molecule has 0 radical (unpaired) electrons. The highest BCUT2D eigenvalue weighted by atomic mass is 32.2. The van der Waals surface area contributed by atoms with Crippen LogP contribution in [0.1, 0.15) is 29.7 Å². The lowest BCUT2D eigenvalue weighted by Crippen LogP contribution is -2.31. The first-order valence-corrected chi connectivity index (χ1v) is 9.03. The van der Waals surface area contributed by atoms with Crippen molar-refractivity contribution in [3.63, 3.8) is 0 Å². The molecule has 1 saturated heterocycles. The molecule has 1 fully saturated rings. The van der Waals surface area contributed by atoms with E-state index in [-0.39, 0.29) is 16.9 Å². The molecule has 3 heterocycles. The number of aromatic nitrogens is 2. The molecule has 3 rings (SSSR count). The van der Waals surface area contributed by atoms with E-state index in [0.717, 1.165) is 12.1 Å². The smallest absolute Gasteiger partial charge is 0.244 e. The minimum atomic E-state index is -3.58. The average molecular weight is 339 g/mol. The summed E-state index contributed by atoms with van der Waals surface area (Å²) in [5, 5.41) is 4.15. The van der Waals surface area contributed by atoms with E-state index in [1.807, 2.05) is 13.1 Å². The van der Waals surface area contributed by atoms with Gasteiger partial charge in [-0.25, -0.2) is 13.1 Å². The van der Waals surface area contributed by atoms with Crippen LogP contribution in [0.5, 0.6) is 0 Å². The molecular weight excluding hydrogens is 318 g/mol. The second-order valence-corrected chi connectivity index (χ2v) is 7.58. The highest BCUT2D eigenvalue weighted by molar-refractivity contribution is 7.89. The molecule has 0 unspecified atom stereocenters. The van der Waals surface area contributed by atoms with Gasteiger partial charge in [0.25, 0.3) is 0 Å². The minimum Gasteiger partial charge on any atom is -0.465 e. The zero-order valence-electron chi connectivity index (χ0n) is 13.4. The van der Waals surface area contributed by atoms with Crippen LogP contribution in [-0.2, 0) is 21.8 Å². The van der Waals surface area contributed by atoms with Crippen molar-refractivity contribution in [1.82, 2.24) is 14.5 Å². The Morgan fingerprint density at radius 1 is 1.43 bits per heavy atom. The number of nitrogens with one attached hydrogen (secondary N) is 1. The van der Waals surface area contributed by atoms with Gasteiger partial charge in [0.05, 0.1) is 5.69 Å². The summed E-state index contributed by atoms with van der Waals surface area (Å²) in [5.41, 5.74) is 0.960. The zero-order chi connectivity index (χ0) is 16.6. The molecule has 0 saturated carbocycles. The summed E-state index contributed by atoms with van der Waals surface area (Å²) in [4.78, 5) is 0.200. The first-order chi connectivity index (χ1) is 10.9. The highest BCUT2D eigenvalue weighted by Crippen LogP contribution is 2.34. The number of hydrogen-bond acceptors (Lipinski definition) is 5. The van der Waals surface area contributed by atoms with Crippen molar-refractivity contribution < 1.29 is 17.6 Å². The van der Waals surface area contributed by atoms with E-state index >= 15 is 0 Å². The first kappa shape index (κ1) is 16.2. The molecule has 0 bridgehead atoms. The fourth-order valence-corrected chi connectivity index (χ4v) is 4.33. The number of ether oxygens (including phenoxy) is 1. The van der Waals surface area contributed by atoms with Crippen molar-refractivity contribution >= 4 is 10.0 Å². The lowest BCUT2D eigenvalue weighted by molar-refractivity contribution is 0.0850. The van der Waals surface area contributed by atoms with E-state index in [1.165, 1.54) is 0 Å². The van der Waals surface area contributed by atoms with E-state index in [0.29, 0.717) is 24.7 Å². The summed E-state index contributed by atoms with van der Waals surface area (Å²) >= 11 is 0. The largest absolute Gasteiger partial charge is 0.465 e. The van der Waals surface area contributed by atoms with Crippen molar-refractivity contribution in [1.29, 1.82) is 0 Å². The highest BCUT2D eigenvalue weighted by Gasteiger charge is 2.33. The van der Waals surface area contributed by atoms with Crippen LogP contribution in [0.4, 0.5) is 0 Å². The minimum absolute atomic E-state index is 0.0773. The van der Waals surface area contributed by atoms with Gasteiger partial charge in [-0.05, 0) is 32.4 Å². The molecule has 0 amide bonds. The molecule has 2 aromatic rings. The molecule has 1 N–H and O–H groups in total. The van der Waals surface area contributed by atoms with E-state index in [1.54, 1.807) is 30.8 Å². The Labute approximate surface area is 135 Å². The molecule has 1 aliphatic heterocycles. The summed E-state index contributed by atoms with van der Waals surface area (Å²) in [7, 11) is -1.72. The molecule has 2 aromatic heterocycles. The van der Waals surface area contributed by atoms with E-state index in [4.69, 9.17) is 9.15 Å². The number of rotatable bonds is 5. The van der Waals surface area contributed by atoms with Gasteiger partial charge >= 0.3 is 0 Å². The topological polar surface area (TPSA) is 86.4 Å². The van der Waals surface area contributed by atoms with Crippen LogP contribution in [0.25, 0.3) is 0 Å². The summed E-state index contributed by atoms with van der Waals surface area (Å²) in [6.07, 6.45) is 2.38. The SMILES string of the molecule is Cc1cc(S(=O)(=O)NC[C@@H]2CCO[C@H]2c2ccnn2C)c(C)o1. The molecule has 0 aliphatic carbocycles. The van der Waals surface area contributed by atoms with Crippen LogP contribution in [0.3, 0.4) is 0 Å². The van der Waals surface area contributed by atoms with Crippen LogP contribution in [-0.4, -0.2) is 31.3 Å². The fraction of sp³-hybridized carbons (Fsp3) is 0.533. The predicted molar refractivity (Wildman–Crippen MR) is 83.4 cm³/mol. The monoisotopic (exact) mass is 339 g/mol. The van der Waals surface area contributed by atoms with Crippen LogP contribution in [0.2, 0.25) is 0 Å². The maximum Gasteiger partial charge on any atom is 0.244 e. The summed E-state index contributed by atoms with van der Waals surface area (Å²) < 4.78 is 40.4. The molecule has 7 nitrogen and oxygen atoms in total. The Hall–Kier alpha value is -1.64. The van der Waals surface area contributed by atoms with Gasteiger partial charge in [-0.1, -0.05) is 0 Å². The molecule has 0 spiro atoms. The van der Waals surface area contributed by atoms with Crippen molar-refractivity contribution in [2.75, 3.05) is 13.2 Å². The molecular formula is C15H21N3O4S. The van der Waals surface area contributed by atoms with Crippen molar-refractivity contribution in [2.24, 2.45) is 13.0 Å². The van der Waals surface area contributed by atoms with E-state index < -0.39 is 10.0 Å². The van der Waals surface area contributed by atoms with Crippen molar-refractivity contribution in [3.8, 4) is 0 Å². The van der Waals surface area contributed by atoms with Crippen molar-refractivity contribution in [2.45, 2.75) is 31.3 Å². The normalized spacial score (nSPS) is 21.9. The number of furan rings is 1. The average Bonchev–Trinajstić information content (AvgIpc) is 3.17. The molecule has 1 aliphatic rings. The lowest BCUT2D eigenvalue weighted by Gasteiger charge is -2.19. The third kappa shape index (κ3) is 3.19. The molecule has 23 heavy (non-hydrogen) atoms. The Bertz CT molecular complexity index is 794. The van der Waals surface area contributed by atoms with Gasteiger partial charge < -0.3 is 9.15 Å². The number of sulfonamides is 1. The van der Waals surface area contributed by atoms with Crippen molar-refractivity contribution in [3.05, 3.63) is 35.5 Å². The van der Waals surface area contributed by atoms with Gasteiger partial charge in [-0.2, -0.15) is 5.10 Å². The predicted octanol–water partition coefficient (Wildman–Crippen LogP) is 1.69. The van der Waals surface area contributed by atoms with Gasteiger partial charge in [-0.15, -0.1) is 0 Å². The number of nitrogens with zero attached hydrogens (tertiary/aromatic N) is 2. The Morgan fingerprint density at radius 3 is 2.83 bits per heavy atom. The zero-order valence-corrected chi connectivity index (χ0v) is 14.3. The van der Waals surface area contributed by atoms with Crippen LogP contribution in [0.15, 0.2) is 27.6 Å². The van der Waals surface area contributed by atoms with E-state index in [2.05, 4.69) is 9.82 Å². The second kappa shape index (κ2) is 6.10. The number of aryl methyl sites for hydroxylation is 3. The fourth-order valence-electron chi connectivity index (χ4n) is 3.00. The van der Waals surface area contributed by atoms with Gasteiger partial charge in [-0.3, -0.25) is 4.68 Å². The molecule has 2 atom stereocenters. The Kier molecular flexibility index (Phi) is 4.31. The quantitative estimate of drug-likeness (QED) is 0.896. The first-order valence-electron chi connectivity index (χ1n) is 7.54. The Morgan fingerprint density at radius 2 is 2.22 bits per heavy atom. The molecule has 0 aromatic carbocycles.